The number of anilines is 1. The number of hydrogen-bond donors (Lipinski definition) is 2. The fourth-order valence-corrected chi connectivity index (χ4v) is 2.16. The molecule has 1 aliphatic rings. The lowest BCUT2D eigenvalue weighted by Crippen LogP contribution is -2.37. The van der Waals surface area contributed by atoms with E-state index in [0.29, 0.717) is 24.5 Å². The molecule has 0 saturated carbocycles. The number of nitriles is 1. The molecule has 2 rings (SSSR count). The molecule has 0 aliphatic carbocycles. The first kappa shape index (κ1) is 16.9. The molecule has 0 radical (unpaired) electrons. The van der Waals surface area contributed by atoms with Gasteiger partial charge in [0.25, 0.3) is 5.69 Å². The van der Waals surface area contributed by atoms with E-state index in [0.717, 1.165) is 6.42 Å². The number of hydrazone groups is 1. The second kappa shape index (κ2) is 8.23. The Labute approximate surface area is 137 Å². The summed E-state index contributed by atoms with van der Waals surface area (Å²) in [5, 5.41) is 25.4. The second-order valence-corrected chi connectivity index (χ2v) is 4.89. The fourth-order valence-electron chi connectivity index (χ4n) is 2.16. The number of hydrogen-bond acceptors (Lipinski definition) is 7. The van der Waals surface area contributed by atoms with Crippen LogP contribution in [0.4, 0.5) is 11.4 Å². The highest BCUT2D eigenvalue weighted by molar-refractivity contribution is 5.93. The maximum Gasteiger partial charge on any atom is 0.269 e. The predicted molar refractivity (Wildman–Crippen MR) is 87.2 cm³/mol. The van der Waals surface area contributed by atoms with Crippen molar-refractivity contribution in [3.05, 3.63) is 34.4 Å². The molecular formula is C14H15N7O3. The van der Waals surface area contributed by atoms with E-state index < -0.39 is 4.92 Å². The molecular weight excluding hydrogens is 314 g/mol. The quantitative estimate of drug-likeness (QED) is 0.263. The van der Waals surface area contributed by atoms with E-state index in [4.69, 9.17) is 5.26 Å². The Kier molecular flexibility index (Phi) is 5.79. The number of likely N-dealkylation sites (tertiary alicyclic amines) is 1. The number of nitro groups is 1. The Hall–Kier alpha value is -3.48. The SMILES string of the molecule is N#CN=C1CCCN1CC(=O)N/C=N\Nc1ccc([N+](=O)[O-])cc1. The third-order valence-electron chi connectivity index (χ3n) is 3.27. The number of amidine groups is 1. The van der Waals surface area contributed by atoms with E-state index in [1.807, 2.05) is 0 Å². The Morgan fingerprint density at radius 1 is 1.46 bits per heavy atom. The van der Waals surface area contributed by atoms with Gasteiger partial charge in [-0.3, -0.25) is 20.3 Å². The molecule has 0 atom stereocenters. The lowest BCUT2D eigenvalue weighted by atomic mass is 10.3. The molecule has 124 valence electrons. The molecule has 10 nitrogen and oxygen atoms in total. The molecule has 24 heavy (non-hydrogen) atoms. The third-order valence-corrected chi connectivity index (χ3v) is 3.27. The summed E-state index contributed by atoms with van der Waals surface area (Å²) in [4.78, 5) is 27.3. The van der Waals surface area contributed by atoms with Crippen LogP contribution in [-0.2, 0) is 4.79 Å². The highest BCUT2D eigenvalue weighted by Crippen LogP contribution is 2.15. The number of aliphatic imine (C=N–C) groups is 1. The number of rotatable bonds is 6. The lowest BCUT2D eigenvalue weighted by molar-refractivity contribution is -0.384. The minimum atomic E-state index is -0.491. The molecule has 0 bridgehead atoms. The summed E-state index contributed by atoms with van der Waals surface area (Å²) >= 11 is 0. The van der Waals surface area contributed by atoms with Crippen LogP contribution >= 0.6 is 0 Å². The molecule has 2 N–H and O–H groups in total. The van der Waals surface area contributed by atoms with Crippen molar-refractivity contribution in [2.24, 2.45) is 10.1 Å². The van der Waals surface area contributed by atoms with Gasteiger partial charge in [0.1, 0.15) is 12.2 Å². The molecule has 1 saturated heterocycles. The van der Waals surface area contributed by atoms with Gasteiger partial charge in [0, 0.05) is 25.1 Å². The van der Waals surface area contributed by atoms with Gasteiger partial charge in [-0.05, 0) is 18.6 Å². The Morgan fingerprint density at radius 2 is 2.21 bits per heavy atom. The summed E-state index contributed by atoms with van der Waals surface area (Å²) in [5.41, 5.74) is 3.18. The summed E-state index contributed by atoms with van der Waals surface area (Å²) in [6.45, 7) is 0.788. The average molecular weight is 329 g/mol. The van der Waals surface area contributed by atoms with Crippen LogP contribution < -0.4 is 10.7 Å². The van der Waals surface area contributed by atoms with Crippen LogP contribution in [0.3, 0.4) is 0 Å². The topological polar surface area (TPSA) is 136 Å². The van der Waals surface area contributed by atoms with Crippen molar-refractivity contribution in [1.29, 1.82) is 5.26 Å². The van der Waals surface area contributed by atoms with Crippen molar-refractivity contribution in [1.82, 2.24) is 10.2 Å². The second-order valence-electron chi connectivity index (χ2n) is 4.89. The van der Waals surface area contributed by atoms with Gasteiger partial charge in [-0.2, -0.15) is 15.4 Å². The number of benzene rings is 1. The predicted octanol–water partition coefficient (Wildman–Crippen LogP) is 1.04. The monoisotopic (exact) mass is 329 g/mol. The van der Waals surface area contributed by atoms with Gasteiger partial charge in [0.2, 0.25) is 12.1 Å². The summed E-state index contributed by atoms with van der Waals surface area (Å²) in [5.74, 6) is 0.338. The molecule has 0 spiro atoms. The van der Waals surface area contributed by atoms with E-state index in [2.05, 4.69) is 20.8 Å². The molecule has 1 aromatic rings. The van der Waals surface area contributed by atoms with Gasteiger partial charge in [0.05, 0.1) is 17.2 Å². The molecule has 10 heteroatoms. The zero-order valence-corrected chi connectivity index (χ0v) is 12.7. The van der Waals surface area contributed by atoms with Crippen molar-refractivity contribution in [2.45, 2.75) is 12.8 Å². The van der Waals surface area contributed by atoms with Crippen molar-refractivity contribution >= 4 is 29.5 Å². The molecule has 1 amide bonds. The van der Waals surface area contributed by atoms with Crippen LogP contribution in [0.2, 0.25) is 0 Å². The maximum atomic E-state index is 11.8. The van der Waals surface area contributed by atoms with E-state index >= 15 is 0 Å². The number of carbonyl (C=O) groups excluding carboxylic acids is 1. The number of amides is 1. The summed E-state index contributed by atoms with van der Waals surface area (Å²) in [6, 6.07) is 5.71. The maximum absolute atomic E-state index is 11.8. The molecule has 1 fully saturated rings. The summed E-state index contributed by atoms with van der Waals surface area (Å²) in [6.07, 6.45) is 4.48. The minimum absolute atomic E-state index is 0.0155. The van der Waals surface area contributed by atoms with Gasteiger partial charge < -0.3 is 10.2 Å². The molecule has 1 aliphatic heterocycles. The number of nitro benzene ring substituents is 1. The smallest absolute Gasteiger partial charge is 0.269 e. The molecule has 0 unspecified atom stereocenters. The van der Waals surface area contributed by atoms with E-state index in [9.17, 15) is 14.9 Å². The first-order chi connectivity index (χ1) is 11.6. The summed E-state index contributed by atoms with van der Waals surface area (Å²) < 4.78 is 0. The number of non-ortho nitro benzene ring substituents is 1. The first-order valence-electron chi connectivity index (χ1n) is 7.12. The van der Waals surface area contributed by atoms with E-state index in [-0.39, 0.29) is 18.1 Å². The zero-order chi connectivity index (χ0) is 17.4. The van der Waals surface area contributed by atoms with E-state index in [1.54, 1.807) is 11.1 Å². The minimum Gasteiger partial charge on any atom is -0.350 e. The normalized spacial score (nSPS) is 15.5. The largest absolute Gasteiger partial charge is 0.350 e. The van der Waals surface area contributed by atoms with Crippen LogP contribution in [0.25, 0.3) is 0 Å². The van der Waals surface area contributed by atoms with Crippen molar-refractivity contribution in [3.63, 3.8) is 0 Å². The standard InChI is InChI=1S/C14H15N7O3/c15-9-16-13-2-1-7-20(13)8-14(22)17-10-18-19-11-3-5-12(6-4-11)21(23)24/h3-6,10,19H,1-2,7-8H2,(H,17,18,22). The van der Waals surface area contributed by atoms with Gasteiger partial charge in [-0.15, -0.1) is 0 Å². The Bertz CT molecular complexity index is 706. The third kappa shape index (κ3) is 4.77. The van der Waals surface area contributed by atoms with Gasteiger partial charge in [0.15, 0.2) is 0 Å². The van der Waals surface area contributed by atoms with Gasteiger partial charge >= 0.3 is 0 Å². The number of nitrogens with zero attached hydrogens (tertiary/aromatic N) is 5. The lowest BCUT2D eigenvalue weighted by Gasteiger charge is -2.16. The molecule has 1 aromatic carbocycles. The average Bonchev–Trinajstić information content (AvgIpc) is 2.99. The van der Waals surface area contributed by atoms with Crippen molar-refractivity contribution in [2.75, 3.05) is 18.5 Å². The Balaban J connectivity index is 1.77. The summed E-state index contributed by atoms with van der Waals surface area (Å²) in [7, 11) is 0. The highest BCUT2D eigenvalue weighted by Gasteiger charge is 2.20. The highest BCUT2D eigenvalue weighted by atomic mass is 16.6. The van der Waals surface area contributed by atoms with Gasteiger partial charge in [-0.1, -0.05) is 0 Å². The first-order valence-corrected chi connectivity index (χ1v) is 7.12. The molecule has 1 heterocycles. The van der Waals surface area contributed by atoms with Crippen LogP contribution in [-0.4, -0.2) is 41.0 Å². The van der Waals surface area contributed by atoms with Crippen LogP contribution in [0.1, 0.15) is 12.8 Å². The number of nitrogens with one attached hydrogen (secondary N) is 2. The van der Waals surface area contributed by atoms with Crippen LogP contribution in [0.5, 0.6) is 0 Å². The van der Waals surface area contributed by atoms with E-state index in [1.165, 1.54) is 30.6 Å². The van der Waals surface area contributed by atoms with Crippen molar-refractivity contribution in [3.8, 4) is 6.19 Å². The fraction of sp³-hybridized carbons (Fsp3) is 0.286. The molecule has 0 aromatic heterocycles. The Morgan fingerprint density at radius 3 is 2.88 bits per heavy atom. The van der Waals surface area contributed by atoms with Crippen LogP contribution in [0, 0.1) is 21.6 Å². The van der Waals surface area contributed by atoms with Crippen LogP contribution in [0.15, 0.2) is 34.4 Å². The van der Waals surface area contributed by atoms with Crippen molar-refractivity contribution < 1.29 is 9.72 Å². The zero-order valence-electron chi connectivity index (χ0n) is 12.7. The van der Waals surface area contributed by atoms with Gasteiger partial charge in [-0.25, -0.2) is 0 Å². The number of carbonyl (C=O) groups is 1.